The highest BCUT2D eigenvalue weighted by atomic mass is 35.5. The van der Waals surface area contributed by atoms with Gasteiger partial charge in [0.25, 0.3) is 0 Å². The molecule has 1 N–H and O–H groups in total. The second-order valence-electron chi connectivity index (χ2n) is 3.33. The molecule has 2 heterocycles. The lowest BCUT2D eigenvalue weighted by Crippen LogP contribution is -2.14. The van der Waals surface area contributed by atoms with Crippen LogP contribution < -0.4 is 5.32 Å². The molecule has 1 saturated heterocycles. The minimum Gasteiger partial charge on any atom is -0.310 e. The largest absolute Gasteiger partial charge is 0.310 e. The van der Waals surface area contributed by atoms with Crippen LogP contribution in [0.15, 0.2) is 18.3 Å². The quantitative estimate of drug-likeness (QED) is 0.809. The Morgan fingerprint density at radius 3 is 2.79 bits per heavy atom. The molecule has 0 bridgehead atoms. The normalized spacial score (nSPS) is 19.6. The zero-order valence-electron chi connectivity index (χ0n) is 8.19. The van der Waals surface area contributed by atoms with E-state index in [0.717, 1.165) is 12.2 Å². The number of pyridine rings is 1. The summed E-state index contributed by atoms with van der Waals surface area (Å²) in [6.45, 7) is 3.23. The summed E-state index contributed by atoms with van der Waals surface area (Å²) in [5, 5.41) is 3.47. The third-order valence-electron chi connectivity index (χ3n) is 2.48. The van der Waals surface area contributed by atoms with Crippen LogP contribution in [0.3, 0.4) is 0 Å². The van der Waals surface area contributed by atoms with Gasteiger partial charge in [-0.25, -0.2) is 0 Å². The van der Waals surface area contributed by atoms with E-state index in [1.54, 1.807) is 0 Å². The van der Waals surface area contributed by atoms with Crippen LogP contribution >= 0.6 is 24.8 Å². The van der Waals surface area contributed by atoms with Crippen molar-refractivity contribution in [3.05, 3.63) is 29.6 Å². The maximum atomic E-state index is 4.28. The van der Waals surface area contributed by atoms with E-state index in [9.17, 15) is 0 Å². The fourth-order valence-corrected chi connectivity index (χ4v) is 1.81. The Bertz CT molecular complexity index is 273. The Labute approximate surface area is 97.3 Å². The highest BCUT2D eigenvalue weighted by Crippen LogP contribution is 2.23. The van der Waals surface area contributed by atoms with Gasteiger partial charge in [0, 0.05) is 17.9 Å². The second kappa shape index (κ2) is 6.23. The van der Waals surface area contributed by atoms with E-state index in [0.29, 0.717) is 6.04 Å². The first-order valence-electron chi connectivity index (χ1n) is 4.53. The second-order valence-corrected chi connectivity index (χ2v) is 3.33. The first-order valence-corrected chi connectivity index (χ1v) is 4.53. The lowest BCUT2D eigenvalue weighted by Gasteiger charge is -2.11. The van der Waals surface area contributed by atoms with Crippen molar-refractivity contribution in [1.82, 2.24) is 10.3 Å². The summed E-state index contributed by atoms with van der Waals surface area (Å²) in [6.07, 6.45) is 4.40. The van der Waals surface area contributed by atoms with E-state index in [1.165, 1.54) is 18.4 Å². The van der Waals surface area contributed by atoms with Gasteiger partial charge in [-0.1, -0.05) is 6.07 Å². The van der Waals surface area contributed by atoms with Crippen LogP contribution in [0.25, 0.3) is 0 Å². The zero-order chi connectivity index (χ0) is 8.39. The average Bonchev–Trinajstić information content (AvgIpc) is 2.57. The first-order chi connectivity index (χ1) is 5.88. The maximum absolute atomic E-state index is 4.28. The fourth-order valence-electron chi connectivity index (χ4n) is 1.81. The van der Waals surface area contributed by atoms with Gasteiger partial charge in [-0.15, -0.1) is 24.8 Å². The van der Waals surface area contributed by atoms with E-state index < -0.39 is 0 Å². The third-order valence-corrected chi connectivity index (χ3v) is 2.48. The molecular weight excluding hydrogens is 219 g/mol. The fraction of sp³-hybridized carbons (Fsp3) is 0.500. The van der Waals surface area contributed by atoms with Gasteiger partial charge in [0.05, 0.1) is 0 Å². The predicted molar refractivity (Wildman–Crippen MR) is 63.4 cm³/mol. The summed E-state index contributed by atoms with van der Waals surface area (Å²) < 4.78 is 0. The van der Waals surface area contributed by atoms with Crippen LogP contribution in [-0.2, 0) is 0 Å². The lowest BCUT2D eigenvalue weighted by molar-refractivity contribution is 0.640. The van der Waals surface area contributed by atoms with E-state index in [1.807, 2.05) is 12.3 Å². The van der Waals surface area contributed by atoms with Gasteiger partial charge in [0.2, 0.25) is 0 Å². The van der Waals surface area contributed by atoms with E-state index in [-0.39, 0.29) is 24.8 Å². The SMILES string of the molecule is Cc1ncccc1[C@H]1CCCN1.Cl.Cl. The van der Waals surface area contributed by atoms with Crippen LogP contribution in [0, 0.1) is 6.92 Å². The molecule has 0 radical (unpaired) electrons. The van der Waals surface area contributed by atoms with Crippen molar-refractivity contribution >= 4 is 24.8 Å². The number of rotatable bonds is 1. The molecule has 1 aromatic rings. The van der Waals surface area contributed by atoms with E-state index in [4.69, 9.17) is 0 Å². The number of hydrogen-bond donors (Lipinski definition) is 1. The summed E-state index contributed by atoms with van der Waals surface area (Å²) in [4.78, 5) is 4.28. The number of aryl methyl sites for hydroxylation is 1. The minimum atomic E-state index is 0. The molecule has 0 spiro atoms. The molecule has 1 atom stereocenters. The average molecular weight is 235 g/mol. The number of nitrogens with zero attached hydrogens (tertiary/aromatic N) is 1. The van der Waals surface area contributed by atoms with Crippen LogP contribution in [-0.4, -0.2) is 11.5 Å². The Morgan fingerprint density at radius 1 is 1.43 bits per heavy atom. The van der Waals surface area contributed by atoms with Crippen LogP contribution in [0.5, 0.6) is 0 Å². The molecule has 14 heavy (non-hydrogen) atoms. The number of aromatic nitrogens is 1. The number of halogens is 2. The smallest absolute Gasteiger partial charge is 0.0420 e. The predicted octanol–water partition coefficient (Wildman–Crippen LogP) is 2.66. The molecule has 1 aliphatic rings. The van der Waals surface area contributed by atoms with Crippen LogP contribution in [0.2, 0.25) is 0 Å². The van der Waals surface area contributed by atoms with Gasteiger partial charge in [-0.2, -0.15) is 0 Å². The molecule has 0 amide bonds. The zero-order valence-corrected chi connectivity index (χ0v) is 9.83. The molecule has 0 aliphatic carbocycles. The van der Waals surface area contributed by atoms with Gasteiger partial charge in [0.1, 0.15) is 0 Å². The molecule has 4 heteroatoms. The third kappa shape index (κ3) is 2.84. The van der Waals surface area contributed by atoms with Crippen molar-refractivity contribution in [3.63, 3.8) is 0 Å². The highest BCUT2D eigenvalue weighted by molar-refractivity contribution is 5.85. The molecule has 80 valence electrons. The van der Waals surface area contributed by atoms with Gasteiger partial charge in [-0.3, -0.25) is 4.98 Å². The summed E-state index contributed by atoms with van der Waals surface area (Å²) in [7, 11) is 0. The number of hydrogen-bond acceptors (Lipinski definition) is 2. The van der Waals surface area contributed by atoms with Gasteiger partial charge >= 0.3 is 0 Å². The molecule has 1 aliphatic heterocycles. The summed E-state index contributed by atoms with van der Waals surface area (Å²) in [6, 6.07) is 4.74. The molecule has 0 unspecified atom stereocenters. The van der Waals surface area contributed by atoms with Crippen molar-refractivity contribution < 1.29 is 0 Å². The number of nitrogens with one attached hydrogen (secondary N) is 1. The Kier molecular flexibility index (Phi) is 6.09. The molecule has 0 aromatic carbocycles. The highest BCUT2D eigenvalue weighted by Gasteiger charge is 2.17. The summed E-state index contributed by atoms with van der Waals surface area (Å²) >= 11 is 0. The summed E-state index contributed by atoms with van der Waals surface area (Å²) in [5.74, 6) is 0. The molecule has 0 saturated carbocycles. The minimum absolute atomic E-state index is 0. The maximum Gasteiger partial charge on any atom is 0.0420 e. The van der Waals surface area contributed by atoms with Crippen molar-refractivity contribution in [2.45, 2.75) is 25.8 Å². The van der Waals surface area contributed by atoms with E-state index >= 15 is 0 Å². The van der Waals surface area contributed by atoms with E-state index in [2.05, 4.69) is 23.3 Å². The standard InChI is InChI=1S/C10H14N2.2ClH/c1-8-9(4-2-6-11-8)10-5-3-7-12-10;;/h2,4,6,10,12H,3,5,7H2,1H3;2*1H/t10-;;/m1../s1. The van der Waals surface area contributed by atoms with Crippen molar-refractivity contribution in [3.8, 4) is 0 Å². The van der Waals surface area contributed by atoms with Crippen molar-refractivity contribution in [2.75, 3.05) is 6.54 Å². The van der Waals surface area contributed by atoms with Crippen molar-refractivity contribution in [1.29, 1.82) is 0 Å². The molecule has 2 nitrogen and oxygen atoms in total. The Morgan fingerprint density at radius 2 is 2.21 bits per heavy atom. The topological polar surface area (TPSA) is 24.9 Å². The Hall–Kier alpha value is -0.310. The van der Waals surface area contributed by atoms with Crippen LogP contribution in [0.1, 0.15) is 30.1 Å². The molecule has 1 aromatic heterocycles. The monoisotopic (exact) mass is 234 g/mol. The molecule has 2 rings (SSSR count). The van der Waals surface area contributed by atoms with Crippen molar-refractivity contribution in [2.24, 2.45) is 0 Å². The van der Waals surface area contributed by atoms with Gasteiger partial charge in [0.15, 0.2) is 0 Å². The molecular formula is C10H16Cl2N2. The lowest BCUT2D eigenvalue weighted by atomic mass is 10.0. The summed E-state index contributed by atoms with van der Waals surface area (Å²) in [5.41, 5.74) is 2.53. The molecule has 1 fully saturated rings. The van der Waals surface area contributed by atoms with Gasteiger partial charge < -0.3 is 5.32 Å². The first kappa shape index (κ1) is 13.7. The van der Waals surface area contributed by atoms with Gasteiger partial charge in [-0.05, 0) is 37.9 Å². The Balaban J connectivity index is 0.000000845. The van der Waals surface area contributed by atoms with Crippen LogP contribution in [0.4, 0.5) is 0 Å².